The van der Waals surface area contributed by atoms with Crippen LogP contribution in [-0.2, 0) is 6.54 Å². The molecule has 0 spiro atoms. The maximum atomic E-state index is 11.2. The summed E-state index contributed by atoms with van der Waals surface area (Å²) < 4.78 is 6.07. The number of aromatic nitrogens is 2. The van der Waals surface area contributed by atoms with E-state index in [4.69, 9.17) is 27.9 Å². The second-order valence-corrected chi connectivity index (χ2v) is 9.74. The normalized spacial score (nSPS) is 14.9. The number of carboxylic acid groups (broad SMARTS) is 1. The highest BCUT2D eigenvalue weighted by Gasteiger charge is 2.20. The topological polar surface area (TPSA) is 78.5 Å². The lowest BCUT2D eigenvalue weighted by molar-refractivity contribution is 0.0697. The van der Waals surface area contributed by atoms with E-state index in [9.17, 15) is 9.90 Å². The predicted molar refractivity (Wildman–Crippen MR) is 138 cm³/mol. The number of hydrogen-bond donors (Lipinski definition) is 2. The van der Waals surface area contributed by atoms with E-state index in [1.165, 1.54) is 5.56 Å². The number of benzene rings is 3. The number of nitrogens with zero attached hydrogens (tertiary/aromatic N) is 2. The van der Waals surface area contributed by atoms with Crippen molar-refractivity contribution in [2.75, 3.05) is 19.7 Å². The zero-order chi connectivity index (χ0) is 24.4. The van der Waals surface area contributed by atoms with Gasteiger partial charge in [-0.25, -0.2) is 9.78 Å². The molecule has 1 saturated heterocycles. The summed E-state index contributed by atoms with van der Waals surface area (Å²) in [5.74, 6) is 1.10. The van der Waals surface area contributed by atoms with Gasteiger partial charge < -0.3 is 14.8 Å². The van der Waals surface area contributed by atoms with E-state index in [0.29, 0.717) is 33.9 Å². The van der Waals surface area contributed by atoms with Gasteiger partial charge in [-0.15, -0.1) is 0 Å². The van der Waals surface area contributed by atoms with Crippen molar-refractivity contribution in [3.8, 4) is 17.1 Å². The largest absolute Gasteiger partial charge is 0.493 e. The number of fused-ring (bicyclic) bond motifs is 1. The van der Waals surface area contributed by atoms with Crippen molar-refractivity contribution in [2.45, 2.75) is 19.4 Å². The van der Waals surface area contributed by atoms with Crippen LogP contribution in [0.3, 0.4) is 0 Å². The number of carboxylic acids is 1. The molecule has 1 fully saturated rings. The monoisotopic (exact) mass is 509 g/mol. The number of nitrogens with one attached hydrogen (secondary N) is 1. The number of rotatable bonds is 7. The molecule has 4 aromatic rings. The van der Waals surface area contributed by atoms with Gasteiger partial charge in [0.25, 0.3) is 0 Å². The molecule has 1 aliphatic rings. The van der Waals surface area contributed by atoms with Gasteiger partial charge in [-0.1, -0.05) is 29.3 Å². The Balaban J connectivity index is 1.13. The first-order valence-corrected chi connectivity index (χ1v) is 12.3. The molecular formula is C27H25Cl2N3O3. The fourth-order valence-corrected chi connectivity index (χ4v) is 4.73. The Hall–Kier alpha value is -3.06. The van der Waals surface area contributed by atoms with Crippen molar-refractivity contribution in [1.82, 2.24) is 14.9 Å². The molecule has 5 rings (SSSR count). The van der Waals surface area contributed by atoms with Crippen molar-refractivity contribution in [3.05, 3.63) is 81.8 Å². The van der Waals surface area contributed by atoms with E-state index < -0.39 is 5.97 Å². The second-order valence-electron chi connectivity index (χ2n) is 8.93. The Bertz CT molecular complexity index is 1350. The zero-order valence-electron chi connectivity index (χ0n) is 19.0. The van der Waals surface area contributed by atoms with Crippen LogP contribution in [0.15, 0.2) is 60.7 Å². The molecule has 6 nitrogen and oxygen atoms in total. The molecule has 1 aliphatic heterocycles. The van der Waals surface area contributed by atoms with Crippen LogP contribution in [0, 0.1) is 5.92 Å². The average molecular weight is 510 g/mol. The standard InChI is InChI=1S/C27H25Cl2N3O3/c28-22-7-1-18(13-23(22)29)15-32-11-9-17(10-12-32)16-35-21-5-2-19(3-6-21)26-30-24-8-4-20(27(33)34)14-25(24)31-26/h1-8,13-14,17H,9-12,15-16H2,(H,30,31)(H,33,34). The van der Waals surface area contributed by atoms with Crippen molar-refractivity contribution < 1.29 is 14.6 Å². The number of H-pyrrole nitrogens is 1. The van der Waals surface area contributed by atoms with Gasteiger partial charge >= 0.3 is 5.97 Å². The number of aromatic amines is 1. The molecule has 3 aromatic carbocycles. The van der Waals surface area contributed by atoms with Gasteiger partial charge in [-0.05, 0) is 92.0 Å². The molecule has 1 aromatic heterocycles. The SMILES string of the molecule is O=C(O)c1ccc2nc(-c3ccc(OCC4CCN(Cc5ccc(Cl)c(Cl)c5)CC4)cc3)[nH]c2c1. The van der Waals surface area contributed by atoms with Crippen molar-refractivity contribution in [3.63, 3.8) is 0 Å². The number of carbonyl (C=O) groups is 1. The van der Waals surface area contributed by atoms with Gasteiger partial charge in [0.15, 0.2) is 0 Å². The minimum atomic E-state index is -0.957. The van der Waals surface area contributed by atoms with E-state index in [0.717, 1.165) is 49.3 Å². The van der Waals surface area contributed by atoms with Gasteiger partial charge in [-0.3, -0.25) is 4.90 Å². The van der Waals surface area contributed by atoms with Gasteiger partial charge in [0.1, 0.15) is 11.6 Å². The van der Waals surface area contributed by atoms with Crippen LogP contribution in [0.2, 0.25) is 10.0 Å². The van der Waals surface area contributed by atoms with Crippen LogP contribution in [-0.4, -0.2) is 45.6 Å². The summed E-state index contributed by atoms with van der Waals surface area (Å²) in [6.45, 7) is 3.64. The average Bonchev–Trinajstić information content (AvgIpc) is 3.30. The Kier molecular flexibility index (Phi) is 6.95. The number of imidazole rings is 1. The van der Waals surface area contributed by atoms with E-state index in [-0.39, 0.29) is 5.56 Å². The van der Waals surface area contributed by atoms with Crippen LogP contribution >= 0.6 is 23.2 Å². The molecule has 0 bridgehead atoms. The zero-order valence-corrected chi connectivity index (χ0v) is 20.5. The van der Waals surface area contributed by atoms with E-state index >= 15 is 0 Å². The molecule has 35 heavy (non-hydrogen) atoms. The molecule has 0 amide bonds. The Morgan fingerprint density at radius 3 is 2.51 bits per heavy atom. The van der Waals surface area contributed by atoms with Crippen LogP contribution in [0.1, 0.15) is 28.8 Å². The quantitative estimate of drug-likeness (QED) is 0.296. The Labute approximate surface area is 213 Å². The first kappa shape index (κ1) is 23.7. The third-order valence-corrected chi connectivity index (χ3v) is 7.18. The molecule has 0 aliphatic carbocycles. The van der Waals surface area contributed by atoms with E-state index in [2.05, 4.69) is 14.9 Å². The molecule has 0 saturated carbocycles. The molecule has 2 heterocycles. The smallest absolute Gasteiger partial charge is 0.335 e. The Morgan fingerprint density at radius 1 is 1.03 bits per heavy atom. The van der Waals surface area contributed by atoms with Gasteiger partial charge in [0.05, 0.1) is 33.2 Å². The maximum absolute atomic E-state index is 11.2. The fraction of sp³-hybridized carbons (Fsp3) is 0.259. The molecular weight excluding hydrogens is 485 g/mol. The lowest BCUT2D eigenvalue weighted by Gasteiger charge is -2.31. The predicted octanol–water partition coefficient (Wildman–Crippen LogP) is 6.53. The number of aromatic carboxylic acids is 1. The third-order valence-electron chi connectivity index (χ3n) is 6.44. The summed E-state index contributed by atoms with van der Waals surface area (Å²) in [7, 11) is 0. The highest BCUT2D eigenvalue weighted by Crippen LogP contribution is 2.27. The molecule has 0 radical (unpaired) electrons. The molecule has 0 unspecified atom stereocenters. The van der Waals surface area contributed by atoms with Crippen molar-refractivity contribution in [1.29, 1.82) is 0 Å². The summed E-state index contributed by atoms with van der Waals surface area (Å²) in [6, 6.07) is 18.5. The second kappa shape index (κ2) is 10.3. The van der Waals surface area contributed by atoms with Gasteiger partial charge in [0.2, 0.25) is 0 Å². The molecule has 8 heteroatoms. The maximum Gasteiger partial charge on any atom is 0.335 e. The minimum absolute atomic E-state index is 0.233. The van der Waals surface area contributed by atoms with Crippen LogP contribution in [0.25, 0.3) is 22.4 Å². The molecule has 2 N–H and O–H groups in total. The first-order chi connectivity index (χ1) is 16.9. The Morgan fingerprint density at radius 2 is 1.80 bits per heavy atom. The number of hydrogen-bond acceptors (Lipinski definition) is 4. The van der Waals surface area contributed by atoms with Gasteiger partial charge in [0, 0.05) is 12.1 Å². The number of piperidine rings is 1. The highest BCUT2D eigenvalue weighted by atomic mass is 35.5. The number of ether oxygens (including phenoxy) is 1. The number of halogens is 2. The summed E-state index contributed by atoms with van der Waals surface area (Å²) in [6.07, 6.45) is 2.19. The molecule has 0 atom stereocenters. The lowest BCUT2D eigenvalue weighted by atomic mass is 9.97. The number of likely N-dealkylation sites (tertiary alicyclic amines) is 1. The van der Waals surface area contributed by atoms with Crippen molar-refractivity contribution in [2.24, 2.45) is 5.92 Å². The highest BCUT2D eigenvalue weighted by molar-refractivity contribution is 6.42. The van der Waals surface area contributed by atoms with E-state index in [1.54, 1.807) is 18.2 Å². The summed E-state index contributed by atoms with van der Waals surface area (Å²) in [5, 5.41) is 10.4. The third kappa shape index (κ3) is 5.61. The van der Waals surface area contributed by atoms with Crippen LogP contribution in [0.4, 0.5) is 0 Å². The minimum Gasteiger partial charge on any atom is -0.493 e. The van der Waals surface area contributed by atoms with Crippen LogP contribution < -0.4 is 4.74 Å². The summed E-state index contributed by atoms with van der Waals surface area (Å²) in [5.41, 5.74) is 3.76. The van der Waals surface area contributed by atoms with Gasteiger partial charge in [-0.2, -0.15) is 0 Å². The summed E-state index contributed by atoms with van der Waals surface area (Å²) >= 11 is 12.2. The lowest BCUT2D eigenvalue weighted by Crippen LogP contribution is -2.35. The first-order valence-electron chi connectivity index (χ1n) is 11.6. The molecule has 180 valence electrons. The van der Waals surface area contributed by atoms with Crippen molar-refractivity contribution >= 4 is 40.2 Å². The van der Waals surface area contributed by atoms with E-state index in [1.807, 2.05) is 42.5 Å². The summed E-state index contributed by atoms with van der Waals surface area (Å²) in [4.78, 5) is 21.4. The fourth-order valence-electron chi connectivity index (χ4n) is 4.41. The van der Waals surface area contributed by atoms with Crippen LogP contribution in [0.5, 0.6) is 5.75 Å².